The number of hydrogen-bond acceptors (Lipinski definition) is 3. The predicted octanol–water partition coefficient (Wildman–Crippen LogP) is 4.30. The fraction of sp³-hybridized carbons (Fsp3) is 0.381. The number of ether oxygens (including phenoxy) is 2. The molecule has 25 heavy (non-hydrogen) atoms. The number of carbonyl (C=O) groups excluding carboxylic acids is 1. The molecular weight excluding hydrogens is 314 g/mol. The molecule has 0 aliphatic carbocycles. The molecule has 1 aliphatic heterocycles. The lowest BCUT2D eigenvalue weighted by atomic mass is 10.0. The molecule has 1 saturated heterocycles. The third kappa shape index (κ3) is 3.34. The minimum Gasteiger partial charge on any atom is -0.497 e. The molecule has 1 fully saturated rings. The predicted molar refractivity (Wildman–Crippen MR) is 98.5 cm³/mol. The van der Waals surface area contributed by atoms with Crippen molar-refractivity contribution in [1.29, 1.82) is 0 Å². The van der Waals surface area contributed by atoms with E-state index in [2.05, 4.69) is 6.92 Å². The summed E-state index contributed by atoms with van der Waals surface area (Å²) >= 11 is 0. The molecule has 132 valence electrons. The van der Waals surface area contributed by atoms with Crippen molar-refractivity contribution in [2.24, 2.45) is 0 Å². The molecule has 0 N–H and O–H groups in total. The summed E-state index contributed by atoms with van der Waals surface area (Å²) in [6.45, 7) is 4.87. The highest BCUT2D eigenvalue weighted by molar-refractivity contribution is 5.95. The summed E-state index contributed by atoms with van der Waals surface area (Å²) in [4.78, 5) is 15.0. The SMILES string of the molecule is COc1ccc(C2CCCN2C(=O)c2ccc(C)c(C)c2)c(OC)c1. The molecule has 1 atom stereocenters. The van der Waals surface area contributed by atoms with Crippen molar-refractivity contribution in [3.63, 3.8) is 0 Å². The second-order valence-electron chi connectivity index (χ2n) is 6.56. The Morgan fingerprint density at radius 1 is 1.04 bits per heavy atom. The van der Waals surface area contributed by atoms with Gasteiger partial charge in [-0.05, 0) is 62.1 Å². The van der Waals surface area contributed by atoms with Crippen LogP contribution in [0.5, 0.6) is 11.5 Å². The number of aryl methyl sites for hydroxylation is 2. The van der Waals surface area contributed by atoms with Gasteiger partial charge in [-0.3, -0.25) is 4.79 Å². The Kier molecular flexibility index (Phi) is 4.98. The Hall–Kier alpha value is -2.49. The third-order valence-corrected chi connectivity index (χ3v) is 5.07. The molecule has 0 bridgehead atoms. The van der Waals surface area contributed by atoms with Crippen molar-refractivity contribution in [2.75, 3.05) is 20.8 Å². The van der Waals surface area contributed by atoms with Crippen LogP contribution in [0.2, 0.25) is 0 Å². The average Bonchev–Trinajstić information content (AvgIpc) is 3.12. The van der Waals surface area contributed by atoms with Gasteiger partial charge >= 0.3 is 0 Å². The summed E-state index contributed by atoms with van der Waals surface area (Å²) in [5, 5.41) is 0. The molecule has 1 amide bonds. The Morgan fingerprint density at radius 2 is 1.84 bits per heavy atom. The van der Waals surface area contributed by atoms with Crippen LogP contribution in [0.1, 0.15) is 45.9 Å². The molecule has 0 radical (unpaired) electrons. The van der Waals surface area contributed by atoms with Gasteiger partial charge in [0.15, 0.2) is 0 Å². The van der Waals surface area contributed by atoms with Gasteiger partial charge in [-0.15, -0.1) is 0 Å². The molecule has 1 unspecified atom stereocenters. The van der Waals surface area contributed by atoms with Crippen LogP contribution in [-0.2, 0) is 0 Å². The van der Waals surface area contributed by atoms with Gasteiger partial charge in [0.05, 0.1) is 20.3 Å². The summed E-state index contributed by atoms with van der Waals surface area (Å²) in [7, 11) is 3.29. The van der Waals surface area contributed by atoms with E-state index in [-0.39, 0.29) is 11.9 Å². The van der Waals surface area contributed by atoms with E-state index in [0.29, 0.717) is 0 Å². The lowest BCUT2D eigenvalue weighted by molar-refractivity contribution is 0.0734. The second-order valence-corrected chi connectivity index (χ2v) is 6.56. The number of methoxy groups -OCH3 is 2. The zero-order valence-corrected chi connectivity index (χ0v) is 15.3. The number of nitrogens with zero attached hydrogens (tertiary/aromatic N) is 1. The summed E-state index contributed by atoms with van der Waals surface area (Å²) in [5.74, 6) is 1.61. The Bertz CT molecular complexity index is 785. The minimum atomic E-state index is 0.0370. The molecule has 4 nitrogen and oxygen atoms in total. The van der Waals surface area contributed by atoms with E-state index in [1.165, 1.54) is 5.56 Å². The van der Waals surface area contributed by atoms with Crippen LogP contribution in [0.15, 0.2) is 36.4 Å². The zero-order valence-electron chi connectivity index (χ0n) is 15.3. The van der Waals surface area contributed by atoms with E-state index < -0.39 is 0 Å². The van der Waals surface area contributed by atoms with Crippen LogP contribution in [-0.4, -0.2) is 31.6 Å². The van der Waals surface area contributed by atoms with Crippen molar-refractivity contribution in [3.8, 4) is 11.5 Å². The van der Waals surface area contributed by atoms with Crippen LogP contribution in [0.3, 0.4) is 0 Å². The highest BCUT2D eigenvalue weighted by Gasteiger charge is 2.32. The normalized spacial score (nSPS) is 16.8. The van der Waals surface area contributed by atoms with E-state index in [0.717, 1.165) is 47.6 Å². The number of hydrogen-bond donors (Lipinski definition) is 0. The van der Waals surface area contributed by atoms with Crippen LogP contribution in [0.25, 0.3) is 0 Å². The average molecular weight is 339 g/mol. The van der Waals surface area contributed by atoms with E-state index in [1.807, 2.05) is 48.2 Å². The maximum Gasteiger partial charge on any atom is 0.254 e. The fourth-order valence-electron chi connectivity index (χ4n) is 3.47. The van der Waals surface area contributed by atoms with Gasteiger partial charge in [0, 0.05) is 23.7 Å². The van der Waals surface area contributed by atoms with Crippen LogP contribution in [0.4, 0.5) is 0 Å². The minimum absolute atomic E-state index is 0.0370. The highest BCUT2D eigenvalue weighted by Crippen LogP contribution is 2.39. The maximum atomic E-state index is 13.1. The monoisotopic (exact) mass is 339 g/mol. The number of carbonyl (C=O) groups is 1. The molecule has 0 saturated carbocycles. The number of rotatable bonds is 4. The van der Waals surface area contributed by atoms with Gasteiger partial charge in [-0.25, -0.2) is 0 Å². The molecule has 2 aromatic rings. The van der Waals surface area contributed by atoms with Crippen molar-refractivity contribution in [1.82, 2.24) is 4.90 Å². The van der Waals surface area contributed by atoms with Crippen molar-refractivity contribution in [3.05, 3.63) is 58.7 Å². The van der Waals surface area contributed by atoms with E-state index in [4.69, 9.17) is 9.47 Å². The second kappa shape index (κ2) is 7.18. The Morgan fingerprint density at radius 3 is 2.52 bits per heavy atom. The van der Waals surface area contributed by atoms with Crippen molar-refractivity contribution >= 4 is 5.91 Å². The molecule has 1 aliphatic rings. The van der Waals surface area contributed by atoms with Crippen LogP contribution >= 0.6 is 0 Å². The van der Waals surface area contributed by atoms with Crippen molar-refractivity contribution in [2.45, 2.75) is 32.7 Å². The van der Waals surface area contributed by atoms with Gasteiger partial charge in [-0.2, -0.15) is 0 Å². The highest BCUT2D eigenvalue weighted by atomic mass is 16.5. The molecule has 0 spiro atoms. The molecule has 0 aromatic heterocycles. The smallest absolute Gasteiger partial charge is 0.254 e. The first-order valence-electron chi connectivity index (χ1n) is 8.65. The largest absolute Gasteiger partial charge is 0.497 e. The quantitative estimate of drug-likeness (QED) is 0.834. The number of benzene rings is 2. The fourth-order valence-corrected chi connectivity index (χ4v) is 3.47. The lowest BCUT2D eigenvalue weighted by Gasteiger charge is -2.27. The first-order chi connectivity index (χ1) is 12.0. The van der Waals surface area contributed by atoms with E-state index >= 15 is 0 Å². The third-order valence-electron chi connectivity index (χ3n) is 5.07. The molecule has 1 heterocycles. The molecule has 2 aromatic carbocycles. The van der Waals surface area contributed by atoms with Gasteiger partial charge in [-0.1, -0.05) is 6.07 Å². The molecular formula is C21H25NO3. The standard InChI is InChI=1S/C21H25NO3/c1-14-7-8-16(12-15(14)2)21(23)22-11-5-6-19(22)18-10-9-17(24-3)13-20(18)25-4/h7-10,12-13,19H,5-6,11H2,1-4H3. The molecule has 4 heteroatoms. The van der Waals surface area contributed by atoms with Gasteiger partial charge in [0.25, 0.3) is 5.91 Å². The van der Waals surface area contributed by atoms with Gasteiger partial charge < -0.3 is 14.4 Å². The summed E-state index contributed by atoms with van der Waals surface area (Å²) in [6, 6.07) is 11.8. The summed E-state index contributed by atoms with van der Waals surface area (Å²) < 4.78 is 10.8. The lowest BCUT2D eigenvalue weighted by Crippen LogP contribution is -2.30. The molecule has 3 rings (SSSR count). The summed E-state index contributed by atoms with van der Waals surface area (Å²) in [5.41, 5.74) is 4.13. The van der Waals surface area contributed by atoms with E-state index in [1.54, 1.807) is 14.2 Å². The van der Waals surface area contributed by atoms with E-state index in [9.17, 15) is 4.79 Å². The number of likely N-dealkylation sites (tertiary alicyclic amines) is 1. The van der Waals surface area contributed by atoms with Crippen LogP contribution < -0.4 is 9.47 Å². The Balaban J connectivity index is 1.92. The van der Waals surface area contributed by atoms with Crippen LogP contribution in [0, 0.1) is 13.8 Å². The first-order valence-corrected chi connectivity index (χ1v) is 8.65. The van der Waals surface area contributed by atoms with Crippen molar-refractivity contribution < 1.29 is 14.3 Å². The maximum absolute atomic E-state index is 13.1. The van der Waals surface area contributed by atoms with Gasteiger partial charge in [0.2, 0.25) is 0 Å². The first kappa shape index (κ1) is 17.3. The number of amides is 1. The van der Waals surface area contributed by atoms with Gasteiger partial charge in [0.1, 0.15) is 11.5 Å². The zero-order chi connectivity index (χ0) is 18.0. The topological polar surface area (TPSA) is 38.8 Å². The Labute approximate surface area is 149 Å². The summed E-state index contributed by atoms with van der Waals surface area (Å²) in [6.07, 6.45) is 1.94.